The largest absolute Gasteiger partial charge is 0.493 e. The summed E-state index contributed by atoms with van der Waals surface area (Å²) >= 11 is 5.99. The molecule has 0 spiro atoms. The van der Waals surface area contributed by atoms with E-state index in [0.29, 0.717) is 11.4 Å². The summed E-state index contributed by atoms with van der Waals surface area (Å²) in [4.78, 5) is 10.6. The maximum Gasteiger partial charge on any atom is 0.122 e. The van der Waals surface area contributed by atoms with E-state index in [-0.39, 0.29) is 5.92 Å². The van der Waals surface area contributed by atoms with Crippen LogP contribution in [0.4, 0.5) is 0 Å². The number of hydrogen-bond donors (Lipinski definition) is 0. The SMILES string of the molecule is CC(CC=O)c1cc(Cl)ccc1OCC1CC1. The molecule has 0 heterocycles. The van der Waals surface area contributed by atoms with E-state index < -0.39 is 0 Å². The molecule has 3 heteroatoms. The molecule has 0 amide bonds. The van der Waals surface area contributed by atoms with Crippen LogP contribution in [-0.4, -0.2) is 12.9 Å². The van der Waals surface area contributed by atoms with Gasteiger partial charge in [-0.15, -0.1) is 0 Å². The Hall–Kier alpha value is -1.02. The molecule has 1 atom stereocenters. The third kappa shape index (κ3) is 3.47. The van der Waals surface area contributed by atoms with E-state index in [0.717, 1.165) is 30.1 Å². The van der Waals surface area contributed by atoms with Crippen LogP contribution in [0.3, 0.4) is 0 Å². The lowest BCUT2D eigenvalue weighted by Crippen LogP contribution is -2.04. The van der Waals surface area contributed by atoms with Gasteiger partial charge < -0.3 is 9.53 Å². The molecule has 17 heavy (non-hydrogen) atoms. The lowest BCUT2D eigenvalue weighted by Gasteiger charge is -2.15. The van der Waals surface area contributed by atoms with Gasteiger partial charge in [-0.05, 0) is 48.4 Å². The number of aldehydes is 1. The van der Waals surface area contributed by atoms with Gasteiger partial charge in [-0.2, -0.15) is 0 Å². The highest BCUT2D eigenvalue weighted by atomic mass is 35.5. The lowest BCUT2D eigenvalue weighted by atomic mass is 9.97. The molecule has 92 valence electrons. The number of carbonyl (C=O) groups is 1. The highest BCUT2D eigenvalue weighted by molar-refractivity contribution is 6.30. The molecule has 0 aliphatic heterocycles. The molecule has 0 aromatic heterocycles. The van der Waals surface area contributed by atoms with Crippen LogP contribution in [0.15, 0.2) is 18.2 Å². The van der Waals surface area contributed by atoms with Crippen LogP contribution in [-0.2, 0) is 4.79 Å². The molecule has 1 aliphatic rings. The fourth-order valence-electron chi connectivity index (χ4n) is 1.80. The molecule has 2 nitrogen and oxygen atoms in total. The Balaban J connectivity index is 2.13. The monoisotopic (exact) mass is 252 g/mol. The van der Waals surface area contributed by atoms with E-state index in [1.165, 1.54) is 12.8 Å². The first-order valence-corrected chi connectivity index (χ1v) is 6.44. The molecule has 1 aromatic carbocycles. The fourth-order valence-corrected chi connectivity index (χ4v) is 1.98. The predicted octanol–water partition coefficient (Wildman–Crippen LogP) is 3.82. The Kier molecular flexibility index (Phi) is 4.06. The summed E-state index contributed by atoms with van der Waals surface area (Å²) in [5, 5.41) is 0.691. The topological polar surface area (TPSA) is 26.3 Å². The first-order chi connectivity index (χ1) is 8.20. The average Bonchev–Trinajstić information content (AvgIpc) is 3.11. The van der Waals surface area contributed by atoms with Crippen LogP contribution in [0.25, 0.3) is 0 Å². The van der Waals surface area contributed by atoms with Crippen LogP contribution in [0.5, 0.6) is 5.75 Å². The van der Waals surface area contributed by atoms with Gasteiger partial charge in [0.2, 0.25) is 0 Å². The van der Waals surface area contributed by atoms with Gasteiger partial charge in [0.15, 0.2) is 0 Å². The maximum atomic E-state index is 10.6. The highest BCUT2D eigenvalue weighted by Gasteiger charge is 2.22. The Morgan fingerprint density at radius 3 is 2.94 bits per heavy atom. The summed E-state index contributed by atoms with van der Waals surface area (Å²) in [5.41, 5.74) is 1.03. The maximum absolute atomic E-state index is 10.6. The van der Waals surface area contributed by atoms with Crippen LogP contribution in [0.2, 0.25) is 5.02 Å². The zero-order valence-corrected chi connectivity index (χ0v) is 10.7. The van der Waals surface area contributed by atoms with E-state index in [9.17, 15) is 4.79 Å². The van der Waals surface area contributed by atoms with Gasteiger partial charge >= 0.3 is 0 Å². The number of rotatable bonds is 6. The van der Waals surface area contributed by atoms with Crippen molar-refractivity contribution in [1.82, 2.24) is 0 Å². The summed E-state index contributed by atoms with van der Waals surface area (Å²) in [6, 6.07) is 5.64. The lowest BCUT2D eigenvalue weighted by molar-refractivity contribution is -0.108. The van der Waals surface area contributed by atoms with E-state index >= 15 is 0 Å². The quantitative estimate of drug-likeness (QED) is 0.720. The second kappa shape index (κ2) is 5.54. The van der Waals surface area contributed by atoms with Crippen LogP contribution in [0.1, 0.15) is 37.7 Å². The zero-order valence-electron chi connectivity index (χ0n) is 9.99. The molecule has 1 fully saturated rings. The number of halogens is 1. The van der Waals surface area contributed by atoms with E-state index in [2.05, 4.69) is 0 Å². The number of hydrogen-bond acceptors (Lipinski definition) is 2. The van der Waals surface area contributed by atoms with Crippen molar-refractivity contribution in [1.29, 1.82) is 0 Å². The molecule has 0 bridgehead atoms. The molecule has 1 aromatic rings. The summed E-state index contributed by atoms with van der Waals surface area (Å²) in [6.45, 7) is 2.80. The van der Waals surface area contributed by atoms with Gasteiger partial charge in [-0.1, -0.05) is 18.5 Å². The minimum absolute atomic E-state index is 0.153. The smallest absolute Gasteiger partial charge is 0.122 e. The normalized spacial score (nSPS) is 16.6. The van der Waals surface area contributed by atoms with Crippen molar-refractivity contribution >= 4 is 17.9 Å². The molecule has 0 saturated heterocycles. The van der Waals surface area contributed by atoms with Crippen molar-refractivity contribution in [3.05, 3.63) is 28.8 Å². The molecule has 0 N–H and O–H groups in total. The Morgan fingerprint density at radius 1 is 1.53 bits per heavy atom. The van der Waals surface area contributed by atoms with Crippen molar-refractivity contribution < 1.29 is 9.53 Å². The third-order valence-corrected chi connectivity index (χ3v) is 3.36. The van der Waals surface area contributed by atoms with Crippen molar-refractivity contribution in [2.75, 3.05) is 6.61 Å². The molecule has 2 rings (SSSR count). The van der Waals surface area contributed by atoms with Crippen LogP contribution in [0, 0.1) is 5.92 Å². The van der Waals surface area contributed by atoms with Gasteiger partial charge in [0.05, 0.1) is 6.61 Å². The van der Waals surface area contributed by atoms with Gasteiger partial charge in [0.1, 0.15) is 12.0 Å². The second-order valence-electron chi connectivity index (χ2n) is 4.74. The zero-order chi connectivity index (χ0) is 12.3. The molecular weight excluding hydrogens is 236 g/mol. The first kappa shape index (κ1) is 12.4. The summed E-state index contributed by atoms with van der Waals surface area (Å²) in [5.74, 6) is 1.75. The van der Waals surface area contributed by atoms with Crippen LogP contribution >= 0.6 is 11.6 Å². The van der Waals surface area contributed by atoms with Gasteiger partial charge in [0, 0.05) is 11.4 Å². The molecule has 0 radical (unpaired) electrons. The van der Waals surface area contributed by atoms with E-state index in [1.54, 1.807) is 0 Å². The average molecular weight is 253 g/mol. The van der Waals surface area contributed by atoms with Gasteiger partial charge in [-0.25, -0.2) is 0 Å². The third-order valence-electron chi connectivity index (χ3n) is 3.12. The van der Waals surface area contributed by atoms with Crippen molar-refractivity contribution in [3.63, 3.8) is 0 Å². The molecular formula is C14H17ClO2. The standard InChI is InChI=1S/C14H17ClO2/c1-10(6-7-16)13-8-12(15)4-5-14(13)17-9-11-2-3-11/h4-5,7-8,10-11H,2-3,6,9H2,1H3. The highest BCUT2D eigenvalue weighted by Crippen LogP contribution is 2.34. The minimum atomic E-state index is 0.153. The van der Waals surface area contributed by atoms with Crippen molar-refractivity contribution in [2.24, 2.45) is 5.92 Å². The fraction of sp³-hybridized carbons (Fsp3) is 0.500. The Bertz CT molecular complexity index is 399. The number of ether oxygens (including phenoxy) is 1. The van der Waals surface area contributed by atoms with Crippen molar-refractivity contribution in [2.45, 2.75) is 32.1 Å². The second-order valence-corrected chi connectivity index (χ2v) is 5.18. The van der Waals surface area contributed by atoms with Crippen molar-refractivity contribution in [3.8, 4) is 5.75 Å². The summed E-state index contributed by atoms with van der Waals surface area (Å²) in [7, 11) is 0. The Morgan fingerprint density at radius 2 is 2.29 bits per heavy atom. The molecule has 1 saturated carbocycles. The van der Waals surface area contributed by atoms with Gasteiger partial charge in [0.25, 0.3) is 0 Å². The predicted molar refractivity (Wildman–Crippen MR) is 68.8 cm³/mol. The first-order valence-electron chi connectivity index (χ1n) is 6.06. The van der Waals surface area contributed by atoms with Crippen LogP contribution < -0.4 is 4.74 Å². The molecule has 1 unspecified atom stereocenters. The summed E-state index contributed by atoms with van der Waals surface area (Å²) < 4.78 is 5.81. The molecule has 1 aliphatic carbocycles. The number of carbonyl (C=O) groups excluding carboxylic acids is 1. The van der Waals surface area contributed by atoms with E-state index in [4.69, 9.17) is 16.3 Å². The minimum Gasteiger partial charge on any atom is -0.493 e. The van der Waals surface area contributed by atoms with Gasteiger partial charge in [-0.3, -0.25) is 0 Å². The Labute approximate surface area is 107 Å². The summed E-state index contributed by atoms with van der Waals surface area (Å²) in [6.07, 6.45) is 3.98. The van der Waals surface area contributed by atoms with E-state index in [1.807, 2.05) is 25.1 Å². The number of benzene rings is 1.